The van der Waals surface area contributed by atoms with E-state index in [4.69, 9.17) is 11.6 Å². The van der Waals surface area contributed by atoms with Gasteiger partial charge in [0.1, 0.15) is 5.56 Å². The van der Waals surface area contributed by atoms with Gasteiger partial charge in [-0.2, -0.15) is 13.2 Å². The second-order valence-corrected chi connectivity index (χ2v) is 8.46. The molecule has 27 heavy (non-hydrogen) atoms. The molecule has 0 spiro atoms. The molecule has 2 aromatic rings. The van der Waals surface area contributed by atoms with Crippen molar-refractivity contribution in [1.82, 2.24) is 9.78 Å². The Balaban J connectivity index is 2.77. The maximum atomic E-state index is 12.9. The lowest BCUT2D eigenvalue weighted by atomic mass is 10.00. The molecule has 1 aromatic heterocycles. The number of aromatic nitrogens is 2. The van der Waals surface area contributed by atoms with E-state index in [2.05, 4.69) is 5.10 Å². The predicted octanol–water partition coefficient (Wildman–Crippen LogP) is 3.06. The first-order valence-corrected chi connectivity index (χ1v) is 10.0. The summed E-state index contributed by atoms with van der Waals surface area (Å²) < 4.78 is 63.8. The summed E-state index contributed by atoms with van der Waals surface area (Å²) in [5.41, 5.74) is -2.82. The molecule has 11 heteroatoms. The fourth-order valence-electron chi connectivity index (χ4n) is 2.55. The summed E-state index contributed by atoms with van der Waals surface area (Å²) in [6, 6.07) is 1.74. The topological polar surface area (TPSA) is 89.0 Å². The first-order valence-electron chi connectivity index (χ1n) is 7.68. The van der Waals surface area contributed by atoms with Crippen LogP contribution < -0.4 is 5.56 Å². The van der Waals surface area contributed by atoms with Crippen molar-refractivity contribution in [2.45, 2.75) is 29.8 Å². The maximum Gasteiger partial charge on any atom is 0.416 e. The van der Waals surface area contributed by atoms with Gasteiger partial charge in [0, 0.05) is 18.9 Å². The number of H-pyrrole nitrogens is 1. The van der Waals surface area contributed by atoms with Gasteiger partial charge in [-0.25, -0.2) is 8.42 Å². The average Bonchev–Trinajstić information content (AvgIpc) is 2.86. The minimum absolute atomic E-state index is 0.0796. The van der Waals surface area contributed by atoms with E-state index in [0.29, 0.717) is 24.8 Å². The molecule has 1 unspecified atom stereocenters. The Hall–Kier alpha value is -2.07. The monoisotopic (exact) mass is 424 g/mol. The lowest BCUT2D eigenvalue weighted by Crippen LogP contribution is -2.22. The van der Waals surface area contributed by atoms with Crippen LogP contribution in [-0.2, 0) is 23.1 Å². The lowest BCUT2D eigenvalue weighted by molar-refractivity contribution is -0.137. The molecule has 0 aliphatic carbocycles. The van der Waals surface area contributed by atoms with E-state index >= 15 is 0 Å². The number of hydrogen-bond acceptors (Lipinski definition) is 4. The minimum atomic E-state index is -4.79. The van der Waals surface area contributed by atoms with E-state index < -0.39 is 54.3 Å². The predicted molar refractivity (Wildman–Crippen MR) is 92.9 cm³/mol. The van der Waals surface area contributed by atoms with E-state index in [1.165, 1.54) is 7.05 Å². The molecule has 1 heterocycles. The van der Waals surface area contributed by atoms with Crippen LogP contribution in [-0.4, -0.2) is 30.2 Å². The Morgan fingerprint density at radius 3 is 2.41 bits per heavy atom. The van der Waals surface area contributed by atoms with Gasteiger partial charge in [-0.05, 0) is 24.6 Å². The van der Waals surface area contributed by atoms with Crippen molar-refractivity contribution >= 4 is 27.2 Å². The van der Waals surface area contributed by atoms with Crippen LogP contribution in [0.4, 0.5) is 13.2 Å². The quantitative estimate of drug-likeness (QED) is 0.590. The molecular weight excluding hydrogens is 409 g/mol. The number of aryl methyl sites for hydroxylation is 1. The van der Waals surface area contributed by atoms with Crippen LogP contribution in [0.25, 0.3) is 0 Å². The molecule has 0 bridgehead atoms. The van der Waals surface area contributed by atoms with Crippen molar-refractivity contribution < 1.29 is 26.4 Å². The van der Waals surface area contributed by atoms with Gasteiger partial charge in [-0.3, -0.25) is 19.4 Å². The van der Waals surface area contributed by atoms with Crippen molar-refractivity contribution in [3.8, 4) is 0 Å². The first-order chi connectivity index (χ1) is 12.3. The van der Waals surface area contributed by atoms with Crippen LogP contribution in [0.5, 0.6) is 0 Å². The number of carbonyl (C=O) groups is 1. The molecule has 1 aromatic carbocycles. The number of aromatic amines is 1. The highest BCUT2D eigenvalue weighted by Crippen LogP contribution is 2.33. The zero-order chi connectivity index (χ0) is 20.7. The zero-order valence-corrected chi connectivity index (χ0v) is 16.1. The molecule has 0 aliphatic rings. The summed E-state index contributed by atoms with van der Waals surface area (Å²) in [5.74, 6) is -1.01. The number of halogens is 4. The molecule has 0 saturated heterocycles. The first kappa shape index (κ1) is 21.2. The van der Waals surface area contributed by atoms with Crippen molar-refractivity contribution in [1.29, 1.82) is 0 Å². The summed E-state index contributed by atoms with van der Waals surface area (Å²) in [6.45, 7) is 1.71. The molecule has 0 radical (unpaired) electrons. The molecule has 0 amide bonds. The molecule has 2 rings (SSSR count). The number of rotatable bonds is 5. The van der Waals surface area contributed by atoms with Crippen LogP contribution in [0.3, 0.4) is 0 Å². The van der Waals surface area contributed by atoms with Gasteiger partial charge in [-0.1, -0.05) is 6.92 Å². The third kappa shape index (κ3) is 4.11. The van der Waals surface area contributed by atoms with Gasteiger partial charge in [0.05, 0.1) is 21.5 Å². The molecule has 1 atom stereocenters. The van der Waals surface area contributed by atoms with E-state index in [-0.39, 0.29) is 5.69 Å². The number of alkyl halides is 4. The third-order valence-electron chi connectivity index (χ3n) is 3.93. The van der Waals surface area contributed by atoms with Crippen LogP contribution in [0.2, 0.25) is 0 Å². The number of sulfone groups is 1. The van der Waals surface area contributed by atoms with E-state index in [0.717, 1.165) is 10.7 Å². The van der Waals surface area contributed by atoms with Gasteiger partial charge in [0.25, 0.3) is 5.56 Å². The van der Waals surface area contributed by atoms with Gasteiger partial charge < -0.3 is 0 Å². The zero-order valence-electron chi connectivity index (χ0n) is 14.5. The Bertz CT molecular complexity index is 1050. The second kappa shape index (κ2) is 7.16. The summed E-state index contributed by atoms with van der Waals surface area (Å²) in [5, 5.41) is 1.89. The van der Waals surface area contributed by atoms with Crippen molar-refractivity contribution in [2.75, 3.05) is 6.26 Å². The number of ketones is 1. The fraction of sp³-hybridized carbons (Fsp3) is 0.375. The number of carbonyl (C=O) groups excluding carboxylic acids is 1. The molecule has 0 fully saturated rings. The Morgan fingerprint density at radius 2 is 1.93 bits per heavy atom. The Kier molecular flexibility index (Phi) is 5.63. The van der Waals surface area contributed by atoms with Crippen molar-refractivity contribution in [2.24, 2.45) is 7.05 Å². The molecule has 148 valence electrons. The number of nitrogens with zero attached hydrogens (tertiary/aromatic N) is 1. The summed E-state index contributed by atoms with van der Waals surface area (Å²) in [6.07, 6.45) is -3.75. The van der Waals surface area contributed by atoms with Gasteiger partial charge in [-0.15, -0.1) is 11.6 Å². The van der Waals surface area contributed by atoms with E-state index in [1.54, 1.807) is 6.92 Å². The largest absolute Gasteiger partial charge is 0.416 e. The standard InChI is InChI=1S/C16H16ClF3N2O4S/c1-4-10(17)13-12(15(24)22(2)21-13)14(23)9-6-5-8(16(18,19)20)7-11(9)27(3,25)26/h5-7,10,21H,4H2,1-3H3. The van der Waals surface area contributed by atoms with Gasteiger partial charge in [0.15, 0.2) is 9.84 Å². The highest BCUT2D eigenvalue weighted by molar-refractivity contribution is 7.90. The highest BCUT2D eigenvalue weighted by atomic mass is 35.5. The Labute approximate surface area is 157 Å². The van der Waals surface area contributed by atoms with Crippen LogP contribution in [0, 0.1) is 0 Å². The highest BCUT2D eigenvalue weighted by Gasteiger charge is 2.34. The SMILES string of the molecule is CCC(Cl)c1[nH]n(C)c(=O)c1C(=O)c1ccc(C(F)(F)F)cc1S(C)(=O)=O. The van der Waals surface area contributed by atoms with Crippen LogP contribution in [0.15, 0.2) is 27.9 Å². The number of nitrogens with one attached hydrogen (secondary N) is 1. The minimum Gasteiger partial charge on any atom is -0.298 e. The molecular formula is C16H16ClF3N2O4S. The van der Waals surface area contributed by atoms with E-state index in [1.807, 2.05) is 0 Å². The van der Waals surface area contributed by atoms with Crippen LogP contribution >= 0.6 is 11.6 Å². The normalized spacial score (nSPS) is 13.6. The maximum absolute atomic E-state index is 12.9. The lowest BCUT2D eigenvalue weighted by Gasteiger charge is -2.12. The Morgan fingerprint density at radius 1 is 1.33 bits per heavy atom. The van der Waals surface area contributed by atoms with Gasteiger partial charge >= 0.3 is 6.18 Å². The molecule has 6 nitrogen and oxygen atoms in total. The van der Waals surface area contributed by atoms with Crippen molar-refractivity contribution in [3.05, 3.63) is 50.9 Å². The number of hydrogen-bond donors (Lipinski definition) is 1. The third-order valence-corrected chi connectivity index (χ3v) is 5.59. The van der Waals surface area contributed by atoms with Crippen LogP contribution in [0.1, 0.15) is 45.9 Å². The fourth-order valence-corrected chi connectivity index (χ4v) is 3.61. The summed E-state index contributed by atoms with van der Waals surface area (Å²) in [7, 11) is -2.85. The summed E-state index contributed by atoms with van der Waals surface area (Å²) in [4.78, 5) is 24.4. The number of benzene rings is 1. The molecule has 1 N–H and O–H groups in total. The van der Waals surface area contributed by atoms with Crippen molar-refractivity contribution in [3.63, 3.8) is 0 Å². The smallest absolute Gasteiger partial charge is 0.298 e. The summed E-state index contributed by atoms with van der Waals surface area (Å²) >= 11 is 6.12. The molecule has 0 saturated carbocycles. The van der Waals surface area contributed by atoms with E-state index in [9.17, 15) is 31.2 Å². The average molecular weight is 425 g/mol. The van der Waals surface area contributed by atoms with Gasteiger partial charge in [0.2, 0.25) is 5.78 Å². The molecule has 0 aliphatic heterocycles. The second-order valence-electron chi connectivity index (χ2n) is 5.95.